The van der Waals surface area contributed by atoms with Crippen LogP contribution in [-0.4, -0.2) is 25.1 Å². The number of nitrogens with one attached hydrogen (secondary N) is 1. The predicted octanol–water partition coefficient (Wildman–Crippen LogP) is 7.15. The van der Waals surface area contributed by atoms with Crippen molar-refractivity contribution in [2.75, 3.05) is 18.5 Å². The van der Waals surface area contributed by atoms with Crippen LogP contribution in [0.4, 0.5) is 5.00 Å². The first-order valence-corrected chi connectivity index (χ1v) is 14.1. The van der Waals surface area contributed by atoms with Crippen LogP contribution in [0.1, 0.15) is 41.1 Å². The van der Waals surface area contributed by atoms with Crippen molar-refractivity contribution in [2.45, 2.75) is 33.1 Å². The molecule has 2 aromatic heterocycles. The molecule has 39 heavy (non-hydrogen) atoms. The van der Waals surface area contributed by atoms with Crippen LogP contribution in [-0.2, 0) is 22.4 Å². The van der Waals surface area contributed by atoms with E-state index in [1.807, 2.05) is 0 Å². The standard InChI is InChI=1S/C29H25Cl2NO6S/c1-3-36-29(35)26-20-7-4-15(2)10-24(20)39-28(26)32-25(33)14-37-17-6-9-19-23(12-17)38-13-21(27(19)34)18-8-5-16(30)11-22(18)31/h5-6,8-9,11-13,15H,3-4,7,10,14H2,1-2H3,(H,32,33). The van der Waals surface area contributed by atoms with Crippen molar-refractivity contribution < 1.29 is 23.5 Å². The molecule has 1 aliphatic rings. The fourth-order valence-electron chi connectivity index (χ4n) is 4.66. The molecular weight excluding hydrogens is 561 g/mol. The molecule has 0 fully saturated rings. The van der Waals surface area contributed by atoms with Crippen LogP contribution in [0.5, 0.6) is 5.75 Å². The number of benzene rings is 2. The summed E-state index contributed by atoms with van der Waals surface area (Å²) in [5.74, 6) is 0.0272. The van der Waals surface area contributed by atoms with Gasteiger partial charge in [0.1, 0.15) is 22.6 Å². The average molecular weight is 586 g/mol. The van der Waals surface area contributed by atoms with Crippen molar-refractivity contribution in [3.63, 3.8) is 0 Å². The van der Waals surface area contributed by atoms with Crippen LogP contribution in [0.15, 0.2) is 51.9 Å². The maximum absolute atomic E-state index is 13.1. The lowest BCUT2D eigenvalue weighted by Gasteiger charge is -2.18. The van der Waals surface area contributed by atoms with E-state index in [1.165, 1.54) is 17.6 Å². The molecule has 0 bridgehead atoms. The van der Waals surface area contributed by atoms with Gasteiger partial charge in [0.05, 0.1) is 28.1 Å². The molecule has 1 amide bonds. The molecule has 0 aliphatic heterocycles. The van der Waals surface area contributed by atoms with E-state index in [1.54, 1.807) is 43.3 Å². The van der Waals surface area contributed by atoms with E-state index in [2.05, 4.69) is 12.2 Å². The summed E-state index contributed by atoms with van der Waals surface area (Å²) in [5, 5.41) is 4.46. The first kappa shape index (κ1) is 27.2. The minimum absolute atomic E-state index is 0.253. The maximum Gasteiger partial charge on any atom is 0.341 e. The number of carbonyl (C=O) groups excluding carboxylic acids is 2. The Hall–Kier alpha value is -3.33. The number of amides is 1. The minimum atomic E-state index is -0.426. The molecule has 7 nitrogen and oxygen atoms in total. The van der Waals surface area contributed by atoms with Gasteiger partial charge in [-0.15, -0.1) is 11.3 Å². The third-order valence-corrected chi connectivity index (χ3v) is 8.30. The Labute approximate surface area is 238 Å². The second-order valence-corrected chi connectivity index (χ2v) is 11.3. The molecule has 10 heteroatoms. The SMILES string of the molecule is CCOC(=O)c1c(NC(=O)COc2ccc3c(=O)c(-c4ccc(Cl)cc4Cl)coc3c2)sc2c1CCC(C)C2. The highest BCUT2D eigenvalue weighted by molar-refractivity contribution is 7.17. The van der Waals surface area contributed by atoms with Crippen LogP contribution < -0.4 is 15.5 Å². The monoisotopic (exact) mass is 585 g/mol. The van der Waals surface area contributed by atoms with Crippen molar-refractivity contribution in [1.29, 1.82) is 0 Å². The first-order chi connectivity index (χ1) is 18.7. The van der Waals surface area contributed by atoms with Gasteiger partial charge in [-0.3, -0.25) is 9.59 Å². The molecule has 0 spiro atoms. The van der Waals surface area contributed by atoms with E-state index >= 15 is 0 Å². The molecule has 1 atom stereocenters. The van der Waals surface area contributed by atoms with E-state index in [4.69, 9.17) is 37.1 Å². The normalized spacial score (nSPS) is 14.6. The summed E-state index contributed by atoms with van der Waals surface area (Å²) in [6.07, 6.45) is 3.97. The second kappa shape index (κ2) is 11.4. The number of fused-ring (bicyclic) bond motifs is 2. The lowest BCUT2D eigenvalue weighted by atomic mass is 9.88. The molecule has 0 radical (unpaired) electrons. The number of hydrogen-bond donors (Lipinski definition) is 1. The molecule has 4 aromatic rings. The quantitative estimate of drug-likeness (QED) is 0.231. The van der Waals surface area contributed by atoms with E-state index in [0.29, 0.717) is 54.4 Å². The summed E-state index contributed by atoms with van der Waals surface area (Å²) >= 11 is 13.7. The Kier molecular flexibility index (Phi) is 7.98. The van der Waals surface area contributed by atoms with Crippen LogP contribution in [0.3, 0.4) is 0 Å². The Bertz CT molecular complexity index is 1640. The molecule has 1 aliphatic carbocycles. The van der Waals surface area contributed by atoms with Gasteiger partial charge in [0.25, 0.3) is 5.91 Å². The predicted molar refractivity (Wildman–Crippen MR) is 154 cm³/mol. The van der Waals surface area contributed by atoms with E-state index in [-0.39, 0.29) is 18.6 Å². The summed E-state index contributed by atoms with van der Waals surface area (Å²) in [6.45, 7) is 3.89. The Morgan fingerprint density at radius 3 is 2.74 bits per heavy atom. The smallest absolute Gasteiger partial charge is 0.341 e. The molecule has 1 N–H and O–H groups in total. The third-order valence-electron chi connectivity index (χ3n) is 6.58. The van der Waals surface area contributed by atoms with Crippen LogP contribution in [0.2, 0.25) is 10.0 Å². The number of ether oxygens (including phenoxy) is 2. The fraction of sp³-hybridized carbons (Fsp3) is 0.276. The topological polar surface area (TPSA) is 94.8 Å². The van der Waals surface area contributed by atoms with Crippen molar-refractivity contribution in [3.8, 4) is 16.9 Å². The number of rotatable bonds is 7. The molecule has 5 rings (SSSR count). The van der Waals surface area contributed by atoms with E-state index in [9.17, 15) is 14.4 Å². The molecule has 1 unspecified atom stereocenters. The molecular formula is C29H25Cl2NO6S. The van der Waals surface area contributed by atoms with Gasteiger partial charge in [0.15, 0.2) is 6.61 Å². The summed E-state index contributed by atoms with van der Waals surface area (Å²) in [4.78, 5) is 39.7. The zero-order chi connectivity index (χ0) is 27.7. The number of carbonyl (C=O) groups is 2. The van der Waals surface area contributed by atoms with Gasteiger partial charge in [0, 0.05) is 21.5 Å². The summed E-state index contributed by atoms with van der Waals surface area (Å²) in [7, 11) is 0. The molecule has 2 heterocycles. The van der Waals surface area contributed by atoms with Crippen molar-refractivity contribution in [3.05, 3.63) is 78.9 Å². The number of thiophene rings is 1. The first-order valence-electron chi connectivity index (χ1n) is 12.5. The van der Waals surface area contributed by atoms with Crippen LogP contribution in [0, 0.1) is 5.92 Å². The molecule has 2 aromatic carbocycles. The maximum atomic E-state index is 13.1. The number of halogens is 2. The van der Waals surface area contributed by atoms with Crippen molar-refractivity contribution >= 4 is 62.4 Å². The second-order valence-electron chi connectivity index (χ2n) is 9.37. The Balaban J connectivity index is 1.32. The lowest BCUT2D eigenvalue weighted by molar-refractivity contribution is -0.118. The number of anilines is 1. The van der Waals surface area contributed by atoms with Gasteiger partial charge >= 0.3 is 5.97 Å². The molecule has 202 valence electrons. The highest BCUT2D eigenvalue weighted by Crippen LogP contribution is 2.40. The Morgan fingerprint density at radius 2 is 1.97 bits per heavy atom. The van der Waals surface area contributed by atoms with Crippen LogP contribution in [0.25, 0.3) is 22.1 Å². The zero-order valence-corrected chi connectivity index (χ0v) is 23.6. The van der Waals surface area contributed by atoms with Crippen molar-refractivity contribution in [2.24, 2.45) is 5.92 Å². The largest absolute Gasteiger partial charge is 0.484 e. The highest BCUT2D eigenvalue weighted by Gasteiger charge is 2.29. The summed E-state index contributed by atoms with van der Waals surface area (Å²) < 4.78 is 16.7. The zero-order valence-electron chi connectivity index (χ0n) is 21.3. The Morgan fingerprint density at radius 1 is 1.15 bits per heavy atom. The van der Waals surface area contributed by atoms with Gasteiger partial charge in [0.2, 0.25) is 5.43 Å². The van der Waals surface area contributed by atoms with Gasteiger partial charge in [-0.2, -0.15) is 0 Å². The summed E-state index contributed by atoms with van der Waals surface area (Å²) in [6, 6.07) is 9.59. The van der Waals surface area contributed by atoms with Crippen molar-refractivity contribution in [1.82, 2.24) is 0 Å². The summed E-state index contributed by atoms with van der Waals surface area (Å²) in [5.41, 5.74) is 2.28. The number of hydrogen-bond acceptors (Lipinski definition) is 7. The van der Waals surface area contributed by atoms with E-state index in [0.717, 1.165) is 29.7 Å². The molecule has 0 saturated heterocycles. The lowest BCUT2D eigenvalue weighted by Crippen LogP contribution is -2.21. The number of esters is 1. The molecule has 0 saturated carbocycles. The van der Waals surface area contributed by atoms with E-state index < -0.39 is 11.9 Å². The third kappa shape index (κ3) is 5.69. The van der Waals surface area contributed by atoms with Crippen LogP contribution >= 0.6 is 34.5 Å². The average Bonchev–Trinajstić information content (AvgIpc) is 3.25. The van der Waals surface area contributed by atoms with Gasteiger partial charge < -0.3 is 19.2 Å². The van der Waals surface area contributed by atoms with Gasteiger partial charge in [-0.25, -0.2) is 4.79 Å². The minimum Gasteiger partial charge on any atom is -0.484 e. The fourth-order valence-corrected chi connectivity index (χ4v) is 6.59. The van der Waals surface area contributed by atoms with Gasteiger partial charge in [-0.1, -0.05) is 36.2 Å². The van der Waals surface area contributed by atoms with Gasteiger partial charge in [-0.05, 0) is 61.9 Å². The highest BCUT2D eigenvalue weighted by atomic mass is 35.5.